The van der Waals surface area contributed by atoms with Gasteiger partial charge in [0.1, 0.15) is 24.1 Å². The summed E-state index contributed by atoms with van der Waals surface area (Å²) in [4.78, 5) is 18.0. The first kappa shape index (κ1) is 41.6. The van der Waals surface area contributed by atoms with E-state index < -0.39 is 26.4 Å². The summed E-state index contributed by atoms with van der Waals surface area (Å²) in [6.07, 6.45) is 3.12. The number of nitrogens with zero attached hydrogens (tertiary/aromatic N) is 7. The minimum absolute atomic E-state index is 0.140. The van der Waals surface area contributed by atoms with Gasteiger partial charge in [0.2, 0.25) is 0 Å². The topological polar surface area (TPSA) is 141 Å². The Balaban J connectivity index is 1.47. The maximum atomic E-state index is 9.32. The van der Waals surface area contributed by atoms with Crippen LogP contribution in [0.1, 0.15) is 63.5 Å². The van der Waals surface area contributed by atoms with E-state index >= 15 is 0 Å². The van der Waals surface area contributed by atoms with Crippen LogP contribution in [0, 0.1) is 11.3 Å². The zero-order valence-electron chi connectivity index (χ0n) is 32.4. The standard InChI is InChI=1S/C41H48IN8O5P/c1-28(2)50(29(3)4)56(53-22-10-21-43)54-24-36-35(23-37(55-36)49-27-47-38-39(44-25-42)45-26-46-40(38)49)48-41(30-11-8-7-9-12-30,31-13-17-33(51-5)18-14-31)32-15-19-34(52-6)20-16-32/h7-9,11-20,25-29,35-37,48H,10,22-24H2,1-6H3/t35-,36+,37+,56?/m0/s1. The Morgan fingerprint density at radius 1 is 0.946 bits per heavy atom. The quantitative estimate of drug-likeness (QED) is 0.0298. The van der Waals surface area contributed by atoms with Crippen LogP contribution in [0.2, 0.25) is 0 Å². The fourth-order valence-corrected chi connectivity index (χ4v) is 9.13. The molecule has 0 amide bonds. The molecule has 1 aliphatic rings. The first-order valence-electron chi connectivity index (χ1n) is 18.5. The normalized spacial score (nSPS) is 18.0. The van der Waals surface area contributed by atoms with Crippen molar-refractivity contribution in [1.82, 2.24) is 29.5 Å². The summed E-state index contributed by atoms with van der Waals surface area (Å²) in [6.45, 7) is 8.98. The van der Waals surface area contributed by atoms with Gasteiger partial charge in [0.05, 0.1) is 62.1 Å². The summed E-state index contributed by atoms with van der Waals surface area (Å²) >= 11 is 2.07. The molecule has 15 heteroatoms. The number of halogens is 1. The highest BCUT2D eigenvalue weighted by atomic mass is 127. The number of aliphatic imine (C=N–C) groups is 1. The van der Waals surface area contributed by atoms with Gasteiger partial charge in [-0.3, -0.25) is 9.88 Å². The number of rotatable bonds is 18. The molecule has 1 saturated heterocycles. The molecule has 3 aromatic carbocycles. The van der Waals surface area contributed by atoms with Crippen LogP contribution in [0.3, 0.4) is 0 Å². The lowest BCUT2D eigenvalue weighted by atomic mass is 9.76. The molecule has 13 nitrogen and oxygen atoms in total. The Bertz CT molecular complexity index is 2020. The van der Waals surface area contributed by atoms with Crippen molar-refractivity contribution in [3.05, 3.63) is 108 Å². The smallest absolute Gasteiger partial charge is 0.259 e. The lowest BCUT2D eigenvalue weighted by Crippen LogP contribution is -2.53. The summed E-state index contributed by atoms with van der Waals surface area (Å²) < 4.78 is 37.1. The highest BCUT2D eigenvalue weighted by Gasteiger charge is 2.45. The highest BCUT2D eigenvalue weighted by Crippen LogP contribution is 2.48. The average molecular weight is 891 g/mol. The number of ether oxygens (including phenoxy) is 3. The van der Waals surface area contributed by atoms with Gasteiger partial charge in [-0.05, 0) is 91.2 Å². The predicted octanol–water partition coefficient (Wildman–Crippen LogP) is 8.47. The van der Waals surface area contributed by atoms with Gasteiger partial charge in [0, 0.05) is 24.5 Å². The van der Waals surface area contributed by atoms with Gasteiger partial charge < -0.3 is 23.3 Å². The zero-order chi connectivity index (χ0) is 39.7. The second kappa shape index (κ2) is 19.4. The van der Waals surface area contributed by atoms with E-state index in [1.165, 1.54) is 6.33 Å². The van der Waals surface area contributed by atoms with Crippen molar-refractivity contribution in [3.8, 4) is 17.6 Å². The molecule has 0 bridgehead atoms. The second-order valence-corrected chi connectivity index (χ2v) is 15.8. The van der Waals surface area contributed by atoms with Gasteiger partial charge in [-0.15, -0.1) is 0 Å². The molecule has 4 atom stereocenters. The van der Waals surface area contributed by atoms with E-state index in [0.29, 0.717) is 23.4 Å². The maximum absolute atomic E-state index is 9.32. The van der Waals surface area contributed by atoms with Crippen molar-refractivity contribution < 1.29 is 23.3 Å². The van der Waals surface area contributed by atoms with Crippen molar-refractivity contribution in [2.45, 2.75) is 76.5 Å². The van der Waals surface area contributed by atoms with E-state index in [4.69, 9.17) is 23.3 Å². The molecule has 0 saturated carbocycles. The van der Waals surface area contributed by atoms with Crippen molar-refractivity contribution in [2.24, 2.45) is 4.99 Å². The fourth-order valence-electron chi connectivity index (χ4n) is 7.25. The SMILES string of the molecule is COc1ccc(C(N[C@H]2C[C@H](n3cnc4c(N=CI)ncnc43)O[C@@H]2COP(OCCC#N)N(C(C)C)C(C)C)(c2ccccc2)c2ccc(OC)cc2)cc1. The molecule has 6 rings (SSSR count). The Kier molecular flexibility index (Phi) is 14.4. The van der Waals surface area contributed by atoms with E-state index in [9.17, 15) is 5.26 Å². The van der Waals surface area contributed by atoms with Crippen LogP contribution in [-0.4, -0.2) is 80.1 Å². The molecule has 0 aliphatic carbocycles. The molecule has 2 aromatic heterocycles. The minimum Gasteiger partial charge on any atom is -0.497 e. The first-order chi connectivity index (χ1) is 27.2. The van der Waals surface area contributed by atoms with E-state index in [0.717, 1.165) is 28.2 Å². The molecule has 56 heavy (non-hydrogen) atoms. The predicted molar refractivity (Wildman–Crippen MR) is 226 cm³/mol. The largest absolute Gasteiger partial charge is 0.497 e. The second-order valence-electron chi connectivity index (χ2n) is 13.8. The molecule has 1 N–H and O–H groups in total. The molecule has 3 heterocycles. The number of imidazole rings is 1. The molecule has 1 unspecified atom stereocenters. The number of methoxy groups -OCH3 is 2. The zero-order valence-corrected chi connectivity index (χ0v) is 35.5. The maximum Gasteiger partial charge on any atom is 0.259 e. The average Bonchev–Trinajstić information content (AvgIpc) is 3.83. The van der Waals surface area contributed by atoms with Gasteiger partial charge in [-0.2, -0.15) is 5.26 Å². The third-order valence-electron chi connectivity index (χ3n) is 9.72. The number of hydrogen-bond donors (Lipinski definition) is 1. The Morgan fingerprint density at radius 3 is 2.14 bits per heavy atom. The molecular formula is C41H48IN8O5P. The molecule has 5 aromatic rings. The van der Waals surface area contributed by atoms with Crippen LogP contribution < -0.4 is 14.8 Å². The highest BCUT2D eigenvalue weighted by molar-refractivity contribution is 14.1. The summed E-state index contributed by atoms with van der Waals surface area (Å²) in [6, 6.07) is 28.9. The Morgan fingerprint density at radius 2 is 1.57 bits per heavy atom. The van der Waals surface area contributed by atoms with Crippen LogP contribution in [0.5, 0.6) is 11.5 Å². The van der Waals surface area contributed by atoms with Crippen molar-refractivity contribution >= 4 is 52.3 Å². The van der Waals surface area contributed by atoms with Crippen LogP contribution >= 0.6 is 31.1 Å². The van der Waals surface area contributed by atoms with E-state index in [-0.39, 0.29) is 37.8 Å². The lowest BCUT2D eigenvalue weighted by molar-refractivity contribution is -0.0242. The molecule has 294 valence electrons. The van der Waals surface area contributed by atoms with E-state index in [1.807, 2.05) is 34.9 Å². The summed E-state index contributed by atoms with van der Waals surface area (Å²) in [5.41, 5.74) is 3.39. The number of fused-ring (bicyclic) bond motifs is 1. The number of nitriles is 1. The van der Waals surface area contributed by atoms with Gasteiger partial charge in [-0.1, -0.05) is 54.6 Å². The van der Waals surface area contributed by atoms with Crippen LogP contribution in [0.4, 0.5) is 5.82 Å². The fraction of sp³-hybridized carbons (Fsp3) is 0.390. The third-order valence-corrected chi connectivity index (χ3v) is 12.1. The third kappa shape index (κ3) is 9.05. The molecule has 1 aliphatic heterocycles. The van der Waals surface area contributed by atoms with Crippen molar-refractivity contribution in [3.63, 3.8) is 0 Å². The molecule has 0 spiro atoms. The van der Waals surface area contributed by atoms with Crippen LogP contribution in [-0.2, 0) is 19.3 Å². The van der Waals surface area contributed by atoms with E-state index in [1.54, 1.807) is 24.8 Å². The van der Waals surface area contributed by atoms with Crippen molar-refractivity contribution in [2.75, 3.05) is 27.4 Å². The lowest BCUT2D eigenvalue weighted by Gasteiger charge is -2.41. The number of benzene rings is 3. The van der Waals surface area contributed by atoms with Crippen LogP contribution in [0.15, 0.2) is 96.5 Å². The monoisotopic (exact) mass is 890 g/mol. The number of aromatic nitrogens is 4. The Labute approximate surface area is 343 Å². The summed E-state index contributed by atoms with van der Waals surface area (Å²) in [5.74, 6) is 2.00. The number of nitrogens with one attached hydrogen (secondary N) is 1. The van der Waals surface area contributed by atoms with Gasteiger partial charge >= 0.3 is 0 Å². The Hall–Kier alpha value is -4.07. The first-order valence-corrected chi connectivity index (χ1v) is 20.9. The molecule has 1 fully saturated rings. The van der Waals surface area contributed by atoms with Crippen molar-refractivity contribution in [1.29, 1.82) is 5.26 Å². The van der Waals surface area contributed by atoms with Gasteiger partial charge in [-0.25, -0.2) is 24.6 Å². The minimum atomic E-state index is -1.53. The summed E-state index contributed by atoms with van der Waals surface area (Å²) in [5, 5.41) is 13.5. The van der Waals surface area contributed by atoms with Gasteiger partial charge in [0.15, 0.2) is 17.0 Å². The number of hydrogen-bond acceptors (Lipinski definition) is 12. The molecular weight excluding hydrogens is 842 g/mol. The van der Waals surface area contributed by atoms with Gasteiger partial charge in [0.25, 0.3) is 8.53 Å². The van der Waals surface area contributed by atoms with E-state index in [2.05, 4.69) is 135 Å². The van der Waals surface area contributed by atoms with Crippen LogP contribution in [0.25, 0.3) is 11.2 Å². The molecule has 0 radical (unpaired) electrons. The summed E-state index contributed by atoms with van der Waals surface area (Å²) in [7, 11) is 1.81.